The summed E-state index contributed by atoms with van der Waals surface area (Å²) in [5.41, 5.74) is 1.30. The first-order chi connectivity index (χ1) is 8.70. The van der Waals surface area contributed by atoms with E-state index >= 15 is 0 Å². The fourth-order valence-electron chi connectivity index (χ4n) is 1.80. The second kappa shape index (κ2) is 6.23. The van der Waals surface area contributed by atoms with Gasteiger partial charge in [0, 0.05) is 9.90 Å². The molecular weight excluding hydrogens is 266 g/mol. The highest BCUT2D eigenvalue weighted by Crippen LogP contribution is 2.24. The Hall–Kier alpha value is -1.03. The van der Waals surface area contributed by atoms with Gasteiger partial charge in [0.05, 0.1) is 6.04 Å². The molecule has 0 saturated heterocycles. The maximum Gasteiger partial charge on any atom is 0.119 e. The molecule has 0 amide bonds. The Labute approximate surface area is 117 Å². The van der Waals surface area contributed by atoms with Gasteiger partial charge in [-0.15, -0.1) is 11.3 Å². The quantitative estimate of drug-likeness (QED) is 0.893. The summed E-state index contributed by atoms with van der Waals surface area (Å²) in [7, 11) is 1.95. The molecule has 1 N–H and O–H groups in total. The van der Waals surface area contributed by atoms with Crippen molar-refractivity contribution >= 4 is 22.9 Å². The predicted octanol–water partition coefficient (Wildman–Crippen LogP) is 4.05. The molecule has 2 rings (SSSR count). The molecule has 1 heterocycles. The Kier molecular flexibility index (Phi) is 4.64. The zero-order valence-corrected chi connectivity index (χ0v) is 12.0. The Bertz CT molecular complexity index is 495. The summed E-state index contributed by atoms with van der Waals surface area (Å²) in [6.45, 7) is 2.74. The van der Waals surface area contributed by atoms with Crippen molar-refractivity contribution in [3.05, 3.63) is 51.2 Å². The van der Waals surface area contributed by atoms with Crippen LogP contribution < -0.4 is 10.1 Å². The van der Waals surface area contributed by atoms with Crippen molar-refractivity contribution in [3.63, 3.8) is 0 Å². The molecule has 0 fully saturated rings. The first-order valence-corrected chi connectivity index (χ1v) is 7.06. The molecule has 4 heteroatoms. The minimum Gasteiger partial charge on any atom is -0.492 e. The van der Waals surface area contributed by atoms with Crippen LogP contribution in [0.25, 0.3) is 0 Å². The Balaban J connectivity index is 2.00. The van der Waals surface area contributed by atoms with Crippen molar-refractivity contribution in [3.8, 4) is 5.75 Å². The van der Waals surface area contributed by atoms with E-state index in [0.717, 1.165) is 10.8 Å². The minimum absolute atomic E-state index is 0.215. The molecule has 0 radical (unpaired) electrons. The maximum absolute atomic E-state index is 5.84. The van der Waals surface area contributed by atoms with Crippen LogP contribution in [0.2, 0.25) is 5.02 Å². The average molecular weight is 282 g/mol. The summed E-state index contributed by atoms with van der Waals surface area (Å²) in [6.07, 6.45) is 0. The molecule has 1 aromatic heterocycles. The zero-order valence-electron chi connectivity index (χ0n) is 10.4. The SMILES string of the molecule is CNC(COc1ccc(Cl)cc1)c1ccsc1C. The van der Waals surface area contributed by atoms with E-state index in [2.05, 4.69) is 23.7 Å². The second-order valence-corrected chi connectivity index (χ2v) is 5.59. The van der Waals surface area contributed by atoms with E-state index in [4.69, 9.17) is 16.3 Å². The van der Waals surface area contributed by atoms with Gasteiger partial charge < -0.3 is 10.1 Å². The fourth-order valence-corrected chi connectivity index (χ4v) is 2.69. The highest BCUT2D eigenvalue weighted by Gasteiger charge is 2.13. The molecule has 18 heavy (non-hydrogen) atoms. The number of aryl methyl sites for hydroxylation is 1. The van der Waals surface area contributed by atoms with Crippen LogP contribution in [0.1, 0.15) is 16.5 Å². The molecule has 1 aromatic carbocycles. The molecule has 1 atom stereocenters. The van der Waals surface area contributed by atoms with Crippen molar-refractivity contribution in [2.75, 3.05) is 13.7 Å². The van der Waals surface area contributed by atoms with Crippen LogP contribution in [0.5, 0.6) is 5.75 Å². The lowest BCUT2D eigenvalue weighted by Crippen LogP contribution is -2.23. The van der Waals surface area contributed by atoms with E-state index in [1.54, 1.807) is 11.3 Å². The van der Waals surface area contributed by atoms with Crippen LogP contribution in [0.15, 0.2) is 35.7 Å². The van der Waals surface area contributed by atoms with Crippen molar-refractivity contribution < 1.29 is 4.74 Å². The summed E-state index contributed by atoms with van der Waals surface area (Å²) in [6, 6.07) is 9.80. The number of hydrogen-bond acceptors (Lipinski definition) is 3. The highest BCUT2D eigenvalue weighted by molar-refractivity contribution is 7.10. The number of likely N-dealkylation sites (N-methyl/N-ethyl adjacent to an activating group) is 1. The first kappa shape index (κ1) is 13.4. The fraction of sp³-hybridized carbons (Fsp3) is 0.286. The average Bonchev–Trinajstić information content (AvgIpc) is 2.79. The van der Waals surface area contributed by atoms with Crippen LogP contribution in [-0.4, -0.2) is 13.7 Å². The number of halogens is 1. The highest BCUT2D eigenvalue weighted by atomic mass is 35.5. The van der Waals surface area contributed by atoms with Gasteiger partial charge in [0.1, 0.15) is 12.4 Å². The lowest BCUT2D eigenvalue weighted by atomic mass is 10.1. The molecule has 0 aliphatic rings. The van der Waals surface area contributed by atoms with Crippen LogP contribution >= 0.6 is 22.9 Å². The van der Waals surface area contributed by atoms with E-state index < -0.39 is 0 Å². The van der Waals surface area contributed by atoms with E-state index in [1.807, 2.05) is 31.3 Å². The van der Waals surface area contributed by atoms with Gasteiger partial charge in [0.15, 0.2) is 0 Å². The zero-order chi connectivity index (χ0) is 13.0. The van der Waals surface area contributed by atoms with E-state index in [1.165, 1.54) is 10.4 Å². The summed E-state index contributed by atoms with van der Waals surface area (Å²) in [5.74, 6) is 0.840. The van der Waals surface area contributed by atoms with Crippen molar-refractivity contribution in [2.45, 2.75) is 13.0 Å². The molecule has 0 saturated carbocycles. The summed E-state index contributed by atoms with van der Waals surface area (Å²) >= 11 is 7.60. The maximum atomic E-state index is 5.84. The van der Waals surface area contributed by atoms with E-state index in [-0.39, 0.29) is 6.04 Å². The molecule has 0 spiro atoms. The third kappa shape index (κ3) is 3.25. The van der Waals surface area contributed by atoms with Crippen LogP contribution in [0.4, 0.5) is 0 Å². The lowest BCUT2D eigenvalue weighted by Gasteiger charge is -2.17. The summed E-state index contributed by atoms with van der Waals surface area (Å²) in [4.78, 5) is 1.33. The van der Waals surface area contributed by atoms with E-state index in [0.29, 0.717) is 6.61 Å². The van der Waals surface area contributed by atoms with Gasteiger partial charge in [0.2, 0.25) is 0 Å². The van der Waals surface area contributed by atoms with Gasteiger partial charge in [-0.25, -0.2) is 0 Å². The van der Waals surface area contributed by atoms with Crippen molar-refractivity contribution in [2.24, 2.45) is 0 Å². The monoisotopic (exact) mass is 281 g/mol. The molecule has 0 aliphatic carbocycles. The Morgan fingerprint density at radius 3 is 2.56 bits per heavy atom. The molecule has 0 aliphatic heterocycles. The number of hydrogen-bond donors (Lipinski definition) is 1. The van der Waals surface area contributed by atoms with Gasteiger partial charge in [-0.2, -0.15) is 0 Å². The van der Waals surface area contributed by atoms with Crippen LogP contribution in [0.3, 0.4) is 0 Å². The number of rotatable bonds is 5. The predicted molar refractivity (Wildman–Crippen MR) is 77.8 cm³/mol. The molecule has 0 bridgehead atoms. The normalized spacial score (nSPS) is 12.4. The van der Waals surface area contributed by atoms with Gasteiger partial charge in [-0.05, 0) is 55.2 Å². The van der Waals surface area contributed by atoms with Crippen molar-refractivity contribution in [1.29, 1.82) is 0 Å². The van der Waals surface area contributed by atoms with Crippen LogP contribution in [-0.2, 0) is 0 Å². The van der Waals surface area contributed by atoms with Gasteiger partial charge in [-0.3, -0.25) is 0 Å². The number of ether oxygens (including phenoxy) is 1. The number of benzene rings is 1. The molecule has 96 valence electrons. The third-order valence-electron chi connectivity index (χ3n) is 2.85. The number of thiophene rings is 1. The minimum atomic E-state index is 0.215. The Morgan fingerprint density at radius 1 is 1.28 bits per heavy atom. The van der Waals surface area contributed by atoms with Crippen LogP contribution in [0, 0.1) is 6.92 Å². The molecule has 2 nitrogen and oxygen atoms in total. The van der Waals surface area contributed by atoms with Crippen molar-refractivity contribution in [1.82, 2.24) is 5.32 Å². The standard InChI is InChI=1S/C14H16ClNOS/c1-10-13(7-8-18-10)14(16-2)9-17-12-5-3-11(15)4-6-12/h3-8,14,16H,9H2,1-2H3. The topological polar surface area (TPSA) is 21.3 Å². The summed E-state index contributed by atoms with van der Waals surface area (Å²) < 4.78 is 5.78. The second-order valence-electron chi connectivity index (χ2n) is 4.04. The summed E-state index contributed by atoms with van der Waals surface area (Å²) in [5, 5.41) is 6.11. The molecule has 1 unspecified atom stereocenters. The number of nitrogens with one attached hydrogen (secondary N) is 1. The van der Waals surface area contributed by atoms with Gasteiger partial charge >= 0.3 is 0 Å². The lowest BCUT2D eigenvalue weighted by molar-refractivity contribution is 0.273. The molecule has 2 aromatic rings. The third-order valence-corrected chi connectivity index (χ3v) is 3.97. The first-order valence-electron chi connectivity index (χ1n) is 5.80. The van der Waals surface area contributed by atoms with Gasteiger partial charge in [0.25, 0.3) is 0 Å². The van der Waals surface area contributed by atoms with E-state index in [9.17, 15) is 0 Å². The Morgan fingerprint density at radius 2 is 2.00 bits per heavy atom. The van der Waals surface area contributed by atoms with Gasteiger partial charge in [-0.1, -0.05) is 11.6 Å². The largest absolute Gasteiger partial charge is 0.492 e. The smallest absolute Gasteiger partial charge is 0.119 e. The molecular formula is C14H16ClNOS.